The van der Waals surface area contributed by atoms with E-state index < -0.39 is 0 Å². The van der Waals surface area contributed by atoms with E-state index >= 15 is 0 Å². The quantitative estimate of drug-likeness (QED) is 0.898. The molecule has 19 heavy (non-hydrogen) atoms. The Bertz CT molecular complexity index is 437. The number of para-hydroxylation sites is 1. The highest BCUT2D eigenvalue weighted by molar-refractivity contribution is 5.34. The predicted octanol–water partition coefficient (Wildman–Crippen LogP) is 3.68. The van der Waals surface area contributed by atoms with Gasteiger partial charge in [-0.25, -0.2) is 0 Å². The van der Waals surface area contributed by atoms with Gasteiger partial charge in [0, 0.05) is 17.9 Å². The van der Waals surface area contributed by atoms with Crippen molar-refractivity contribution in [3.63, 3.8) is 0 Å². The molecule has 2 fully saturated rings. The molecule has 104 valence electrons. The van der Waals surface area contributed by atoms with Crippen molar-refractivity contribution in [1.29, 1.82) is 0 Å². The number of hydrogen-bond acceptors (Lipinski definition) is 2. The van der Waals surface area contributed by atoms with Crippen LogP contribution >= 0.6 is 0 Å². The first-order chi connectivity index (χ1) is 9.26. The van der Waals surface area contributed by atoms with Crippen LogP contribution in [0.3, 0.4) is 0 Å². The maximum atomic E-state index is 6.36. The van der Waals surface area contributed by atoms with Gasteiger partial charge in [-0.2, -0.15) is 0 Å². The molecular formula is C17H25NO. The number of ether oxygens (including phenoxy) is 1. The van der Waals surface area contributed by atoms with Crippen molar-refractivity contribution < 1.29 is 4.74 Å². The molecule has 2 unspecified atom stereocenters. The lowest BCUT2D eigenvalue weighted by Gasteiger charge is -2.56. The summed E-state index contributed by atoms with van der Waals surface area (Å²) in [6.45, 7) is 2.19. The summed E-state index contributed by atoms with van der Waals surface area (Å²) >= 11 is 0. The lowest BCUT2D eigenvalue weighted by atomic mass is 9.55. The van der Waals surface area contributed by atoms with Gasteiger partial charge in [0.1, 0.15) is 11.9 Å². The van der Waals surface area contributed by atoms with Gasteiger partial charge in [0.15, 0.2) is 0 Å². The molecule has 2 nitrogen and oxygen atoms in total. The Morgan fingerprint density at radius 3 is 2.63 bits per heavy atom. The topological polar surface area (TPSA) is 35.2 Å². The molecule has 1 spiro atoms. The number of hydrogen-bond donors (Lipinski definition) is 1. The van der Waals surface area contributed by atoms with Gasteiger partial charge in [-0.3, -0.25) is 0 Å². The van der Waals surface area contributed by atoms with Crippen LogP contribution in [0.4, 0.5) is 0 Å². The van der Waals surface area contributed by atoms with Gasteiger partial charge in [0.25, 0.3) is 0 Å². The first kappa shape index (κ1) is 13.0. The lowest BCUT2D eigenvalue weighted by molar-refractivity contribution is -0.0901. The van der Waals surface area contributed by atoms with Crippen molar-refractivity contribution >= 4 is 0 Å². The molecule has 2 aliphatic rings. The minimum Gasteiger partial charge on any atom is -0.489 e. The zero-order valence-corrected chi connectivity index (χ0v) is 11.9. The number of benzene rings is 1. The molecule has 1 aromatic carbocycles. The van der Waals surface area contributed by atoms with Gasteiger partial charge in [-0.15, -0.1) is 0 Å². The molecule has 2 aliphatic carbocycles. The summed E-state index contributed by atoms with van der Waals surface area (Å²) < 4.78 is 6.36. The van der Waals surface area contributed by atoms with Gasteiger partial charge >= 0.3 is 0 Å². The largest absolute Gasteiger partial charge is 0.489 e. The Morgan fingerprint density at radius 2 is 1.95 bits per heavy atom. The normalized spacial score (nSPS) is 28.9. The second-order valence-electron chi connectivity index (χ2n) is 6.20. The molecule has 0 aromatic heterocycles. The Hall–Kier alpha value is -1.02. The molecular weight excluding hydrogens is 234 g/mol. The Balaban J connectivity index is 1.76. The first-order valence-electron chi connectivity index (χ1n) is 7.76. The summed E-state index contributed by atoms with van der Waals surface area (Å²) in [5.41, 5.74) is 7.91. The average Bonchev–Trinajstić information content (AvgIpc) is 2.48. The maximum absolute atomic E-state index is 6.36. The monoisotopic (exact) mass is 259 g/mol. The van der Waals surface area contributed by atoms with Crippen LogP contribution in [0.2, 0.25) is 0 Å². The highest BCUT2D eigenvalue weighted by atomic mass is 16.5. The predicted molar refractivity (Wildman–Crippen MR) is 78.3 cm³/mol. The summed E-state index contributed by atoms with van der Waals surface area (Å²) in [5.74, 6) is 1.08. The van der Waals surface area contributed by atoms with Crippen molar-refractivity contribution in [2.75, 3.05) is 0 Å². The summed E-state index contributed by atoms with van der Waals surface area (Å²) in [6, 6.07) is 8.79. The molecule has 0 bridgehead atoms. The van der Waals surface area contributed by atoms with Gasteiger partial charge in [-0.1, -0.05) is 44.4 Å². The molecule has 0 radical (unpaired) electrons. The van der Waals surface area contributed by atoms with Crippen LogP contribution in [0.15, 0.2) is 24.3 Å². The van der Waals surface area contributed by atoms with Crippen LogP contribution in [0.1, 0.15) is 51.0 Å². The minimum absolute atomic E-state index is 0.277. The second kappa shape index (κ2) is 5.16. The van der Waals surface area contributed by atoms with Crippen molar-refractivity contribution in [2.24, 2.45) is 11.1 Å². The van der Waals surface area contributed by atoms with E-state index in [-0.39, 0.29) is 5.41 Å². The fraction of sp³-hybridized carbons (Fsp3) is 0.647. The molecule has 2 atom stereocenters. The molecule has 0 aliphatic heterocycles. The van der Waals surface area contributed by atoms with Gasteiger partial charge < -0.3 is 10.5 Å². The number of rotatable bonds is 3. The Morgan fingerprint density at radius 1 is 1.21 bits per heavy atom. The Labute approximate surface area is 116 Å². The van der Waals surface area contributed by atoms with E-state index in [1.807, 2.05) is 0 Å². The Kier molecular flexibility index (Phi) is 3.53. The SMILES string of the molecule is CCc1ccccc1OC1CC(N)C12CCCCC2. The summed E-state index contributed by atoms with van der Waals surface area (Å²) in [5, 5.41) is 0. The zero-order valence-electron chi connectivity index (χ0n) is 11.9. The fourth-order valence-corrected chi connectivity index (χ4v) is 3.91. The fourth-order valence-electron chi connectivity index (χ4n) is 3.91. The zero-order chi connectivity index (χ0) is 13.3. The van der Waals surface area contributed by atoms with E-state index in [0.29, 0.717) is 12.1 Å². The lowest BCUT2D eigenvalue weighted by Crippen LogP contribution is -2.64. The van der Waals surface area contributed by atoms with Crippen LogP contribution in [-0.4, -0.2) is 12.1 Å². The summed E-state index contributed by atoms with van der Waals surface area (Å²) in [6.07, 6.45) is 8.93. The van der Waals surface area contributed by atoms with Crippen molar-refractivity contribution in [2.45, 2.75) is 64.0 Å². The van der Waals surface area contributed by atoms with Crippen LogP contribution < -0.4 is 10.5 Å². The smallest absolute Gasteiger partial charge is 0.122 e. The molecule has 3 rings (SSSR count). The molecule has 0 saturated heterocycles. The standard InChI is InChI=1S/C17H25NO/c1-2-13-8-4-5-9-14(13)19-16-12-15(18)17(16)10-6-3-7-11-17/h4-5,8-9,15-16H,2-3,6-7,10-12,18H2,1H3. The highest BCUT2D eigenvalue weighted by Crippen LogP contribution is 2.52. The molecule has 0 amide bonds. The van der Waals surface area contributed by atoms with E-state index in [4.69, 9.17) is 10.5 Å². The third-order valence-corrected chi connectivity index (χ3v) is 5.25. The molecule has 2 saturated carbocycles. The van der Waals surface area contributed by atoms with Gasteiger partial charge in [-0.05, 0) is 30.9 Å². The van der Waals surface area contributed by atoms with E-state index in [1.54, 1.807) is 0 Å². The van der Waals surface area contributed by atoms with Crippen LogP contribution in [-0.2, 0) is 6.42 Å². The number of nitrogens with two attached hydrogens (primary N) is 1. The van der Waals surface area contributed by atoms with E-state index in [9.17, 15) is 0 Å². The molecule has 2 heteroatoms. The third kappa shape index (κ3) is 2.16. The molecule has 1 aromatic rings. The van der Waals surface area contributed by atoms with Crippen molar-refractivity contribution in [1.82, 2.24) is 0 Å². The summed E-state index contributed by atoms with van der Waals surface area (Å²) in [4.78, 5) is 0. The van der Waals surface area contributed by atoms with Crippen molar-refractivity contribution in [3.05, 3.63) is 29.8 Å². The van der Waals surface area contributed by atoms with E-state index in [2.05, 4.69) is 31.2 Å². The molecule has 0 heterocycles. The summed E-state index contributed by atoms with van der Waals surface area (Å²) in [7, 11) is 0. The van der Waals surface area contributed by atoms with Gasteiger partial charge in [0.05, 0.1) is 0 Å². The van der Waals surface area contributed by atoms with Crippen molar-refractivity contribution in [3.8, 4) is 5.75 Å². The maximum Gasteiger partial charge on any atom is 0.122 e. The van der Waals surface area contributed by atoms with Gasteiger partial charge in [0.2, 0.25) is 0 Å². The van der Waals surface area contributed by atoms with Crippen LogP contribution in [0, 0.1) is 5.41 Å². The minimum atomic E-state index is 0.277. The first-order valence-corrected chi connectivity index (χ1v) is 7.76. The molecule has 2 N–H and O–H groups in total. The van der Waals surface area contributed by atoms with E-state index in [0.717, 1.165) is 18.6 Å². The highest BCUT2D eigenvalue weighted by Gasteiger charge is 2.54. The van der Waals surface area contributed by atoms with Crippen LogP contribution in [0.25, 0.3) is 0 Å². The van der Waals surface area contributed by atoms with Crippen LogP contribution in [0.5, 0.6) is 5.75 Å². The third-order valence-electron chi connectivity index (χ3n) is 5.25. The van der Waals surface area contributed by atoms with E-state index in [1.165, 1.54) is 37.7 Å². The second-order valence-corrected chi connectivity index (χ2v) is 6.20. The average molecular weight is 259 g/mol. The number of aryl methyl sites for hydroxylation is 1.